The Kier molecular flexibility index (Phi) is 5.51. The summed E-state index contributed by atoms with van der Waals surface area (Å²) in [7, 11) is 1.85. The Morgan fingerprint density at radius 2 is 2.29 bits per heavy atom. The summed E-state index contributed by atoms with van der Waals surface area (Å²) < 4.78 is 13.7. The van der Waals surface area contributed by atoms with Gasteiger partial charge in [-0.2, -0.15) is 0 Å². The van der Waals surface area contributed by atoms with Crippen molar-refractivity contribution >= 4 is 5.91 Å². The highest BCUT2D eigenvalue weighted by Crippen LogP contribution is 2.19. The van der Waals surface area contributed by atoms with E-state index in [2.05, 4.69) is 11.5 Å². The van der Waals surface area contributed by atoms with Gasteiger partial charge in [0.25, 0.3) is 0 Å². The Morgan fingerprint density at radius 1 is 1.52 bits per heavy atom. The van der Waals surface area contributed by atoms with E-state index in [4.69, 9.17) is 0 Å². The van der Waals surface area contributed by atoms with E-state index in [1.807, 2.05) is 24.1 Å². The fourth-order valence-electron chi connectivity index (χ4n) is 2.83. The molecule has 1 aromatic carbocycles. The summed E-state index contributed by atoms with van der Waals surface area (Å²) in [6, 6.07) is 7.10. The van der Waals surface area contributed by atoms with Gasteiger partial charge in [-0.25, -0.2) is 4.39 Å². The summed E-state index contributed by atoms with van der Waals surface area (Å²) in [6.45, 7) is 5.96. The van der Waals surface area contributed by atoms with E-state index < -0.39 is 0 Å². The minimum atomic E-state index is -0.157. The Labute approximate surface area is 126 Å². The predicted molar refractivity (Wildman–Crippen MR) is 82.3 cm³/mol. The van der Waals surface area contributed by atoms with E-state index in [1.165, 1.54) is 6.07 Å². The summed E-state index contributed by atoms with van der Waals surface area (Å²) in [5.41, 5.74) is 0.721. The number of hydrogen-bond acceptors (Lipinski definition) is 2. The fraction of sp³-hybridized carbons (Fsp3) is 0.471. The van der Waals surface area contributed by atoms with Crippen molar-refractivity contribution in [2.24, 2.45) is 0 Å². The molecule has 21 heavy (non-hydrogen) atoms. The van der Waals surface area contributed by atoms with Gasteiger partial charge in [-0.3, -0.25) is 9.69 Å². The van der Waals surface area contributed by atoms with Crippen molar-refractivity contribution in [2.45, 2.75) is 31.8 Å². The molecule has 0 saturated carbocycles. The van der Waals surface area contributed by atoms with Gasteiger partial charge in [0, 0.05) is 38.2 Å². The lowest BCUT2D eigenvalue weighted by molar-refractivity contribution is -0.132. The number of rotatable bonds is 5. The Hall–Kier alpha value is -1.68. The third-order valence-corrected chi connectivity index (χ3v) is 4.09. The van der Waals surface area contributed by atoms with Crippen LogP contribution in [-0.4, -0.2) is 41.9 Å². The fourth-order valence-corrected chi connectivity index (χ4v) is 2.83. The number of likely N-dealkylation sites (tertiary alicyclic amines) is 1. The van der Waals surface area contributed by atoms with E-state index in [-0.39, 0.29) is 17.8 Å². The molecule has 114 valence electrons. The van der Waals surface area contributed by atoms with Crippen LogP contribution in [0.3, 0.4) is 0 Å². The highest BCUT2D eigenvalue weighted by atomic mass is 19.1. The molecule has 1 saturated heterocycles. The van der Waals surface area contributed by atoms with E-state index in [9.17, 15) is 9.18 Å². The molecular formula is C17H23FN2O. The smallest absolute Gasteiger partial charge is 0.226 e. The maximum absolute atomic E-state index is 13.7. The van der Waals surface area contributed by atoms with E-state index in [1.54, 1.807) is 12.1 Å². The van der Waals surface area contributed by atoms with Crippen LogP contribution in [0.5, 0.6) is 0 Å². The Balaban J connectivity index is 1.96. The topological polar surface area (TPSA) is 23.6 Å². The molecule has 0 bridgehead atoms. The van der Waals surface area contributed by atoms with E-state index >= 15 is 0 Å². The van der Waals surface area contributed by atoms with Gasteiger partial charge in [-0.15, -0.1) is 6.58 Å². The zero-order valence-electron chi connectivity index (χ0n) is 12.6. The lowest BCUT2D eigenvalue weighted by atomic mass is 10.0. The highest BCUT2D eigenvalue weighted by Gasteiger charge is 2.25. The van der Waals surface area contributed by atoms with Crippen molar-refractivity contribution < 1.29 is 9.18 Å². The largest absolute Gasteiger partial charge is 0.341 e. The standard InChI is InChI=1S/C17H23FN2O/c1-3-7-17(21)19(2)15-9-6-11-20(13-15)12-14-8-4-5-10-16(14)18/h3-5,8,10,15H,1,6-7,9,11-13H2,2H3/t15-/m0/s1. The highest BCUT2D eigenvalue weighted by molar-refractivity contribution is 5.77. The van der Waals surface area contributed by atoms with Crippen LogP contribution in [-0.2, 0) is 11.3 Å². The molecule has 0 radical (unpaired) electrons. The molecule has 1 amide bonds. The molecule has 0 aromatic heterocycles. The van der Waals surface area contributed by atoms with Crippen LogP contribution in [0.1, 0.15) is 24.8 Å². The van der Waals surface area contributed by atoms with Crippen LogP contribution in [0.4, 0.5) is 4.39 Å². The molecule has 1 aliphatic rings. The number of carbonyl (C=O) groups excluding carboxylic acids is 1. The van der Waals surface area contributed by atoms with Crippen LogP contribution in [0.25, 0.3) is 0 Å². The molecule has 1 heterocycles. The quantitative estimate of drug-likeness (QED) is 0.779. The summed E-state index contributed by atoms with van der Waals surface area (Å²) in [5, 5.41) is 0. The lowest BCUT2D eigenvalue weighted by Crippen LogP contribution is -2.48. The van der Waals surface area contributed by atoms with Gasteiger partial charge in [-0.05, 0) is 25.5 Å². The van der Waals surface area contributed by atoms with Crippen LogP contribution < -0.4 is 0 Å². The Bertz CT molecular complexity index is 503. The van der Waals surface area contributed by atoms with Gasteiger partial charge in [-0.1, -0.05) is 24.3 Å². The molecular weight excluding hydrogens is 267 g/mol. The number of amides is 1. The number of piperidine rings is 1. The summed E-state index contributed by atoms with van der Waals surface area (Å²) in [6.07, 6.45) is 4.05. The second-order valence-corrected chi connectivity index (χ2v) is 5.62. The minimum Gasteiger partial charge on any atom is -0.341 e. The molecule has 0 aliphatic carbocycles. The average molecular weight is 290 g/mol. The van der Waals surface area contributed by atoms with Gasteiger partial charge >= 0.3 is 0 Å². The number of nitrogens with zero attached hydrogens (tertiary/aromatic N) is 2. The summed E-state index contributed by atoms with van der Waals surface area (Å²) >= 11 is 0. The van der Waals surface area contributed by atoms with Crippen molar-refractivity contribution in [3.8, 4) is 0 Å². The second-order valence-electron chi connectivity index (χ2n) is 5.62. The van der Waals surface area contributed by atoms with Gasteiger partial charge in [0.15, 0.2) is 0 Å². The first-order chi connectivity index (χ1) is 10.1. The first kappa shape index (κ1) is 15.7. The third-order valence-electron chi connectivity index (χ3n) is 4.09. The van der Waals surface area contributed by atoms with Crippen LogP contribution in [0, 0.1) is 5.82 Å². The molecule has 0 unspecified atom stereocenters. The first-order valence-corrected chi connectivity index (χ1v) is 7.44. The number of halogens is 1. The second kappa shape index (κ2) is 7.36. The third kappa shape index (κ3) is 4.14. The Morgan fingerprint density at radius 3 is 3.00 bits per heavy atom. The zero-order chi connectivity index (χ0) is 15.2. The van der Waals surface area contributed by atoms with Crippen LogP contribution in [0.15, 0.2) is 36.9 Å². The van der Waals surface area contributed by atoms with Gasteiger partial charge in [0.1, 0.15) is 5.82 Å². The number of carbonyl (C=O) groups is 1. The zero-order valence-corrected chi connectivity index (χ0v) is 12.6. The van der Waals surface area contributed by atoms with Crippen LogP contribution in [0.2, 0.25) is 0 Å². The van der Waals surface area contributed by atoms with Crippen molar-refractivity contribution in [2.75, 3.05) is 20.1 Å². The molecule has 1 aromatic rings. The SMILES string of the molecule is C=CCC(=O)N(C)[C@H]1CCCN(Cc2ccccc2F)C1. The van der Waals surface area contributed by atoms with Crippen molar-refractivity contribution in [1.29, 1.82) is 0 Å². The van der Waals surface area contributed by atoms with E-state index in [0.29, 0.717) is 13.0 Å². The molecule has 3 nitrogen and oxygen atoms in total. The predicted octanol–water partition coefficient (Wildman–Crippen LogP) is 2.82. The van der Waals surface area contributed by atoms with Crippen molar-refractivity contribution in [3.05, 3.63) is 48.3 Å². The van der Waals surface area contributed by atoms with E-state index in [0.717, 1.165) is 31.5 Å². The number of benzene rings is 1. The van der Waals surface area contributed by atoms with Crippen molar-refractivity contribution in [1.82, 2.24) is 9.80 Å². The normalized spacial score (nSPS) is 19.2. The van der Waals surface area contributed by atoms with Crippen molar-refractivity contribution in [3.63, 3.8) is 0 Å². The molecule has 1 fully saturated rings. The average Bonchev–Trinajstić information content (AvgIpc) is 2.49. The molecule has 1 atom stereocenters. The first-order valence-electron chi connectivity index (χ1n) is 7.44. The minimum absolute atomic E-state index is 0.0998. The molecule has 2 rings (SSSR count). The molecule has 4 heteroatoms. The maximum atomic E-state index is 13.7. The summed E-state index contributed by atoms with van der Waals surface area (Å²) in [4.78, 5) is 16.0. The monoisotopic (exact) mass is 290 g/mol. The summed E-state index contributed by atoms with van der Waals surface area (Å²) in [5.74, 6) is -0.0570. The number of likely N-dealkylation sites (N-methyl/N-ethyl adjacent to an activating group) is 1. The maximum Gasteiger partial charge on any atom is 0.226 e. The number of hydrogen-bond donors (Lipinski definition) is 0. The van der Waals surface area contributed by atoms with Gasteiger partial charge in [0.2, 0.25) is 5.91 Å². The van der Waals surface area contributed by atoms with Gasteiger partial charge in [0.05, 0.1) is 0 Å². The molecule has 1 aliphatic heterocycles. The molecule has 0 N–H and O–H groups in total. The van der Waals surface area contributed by atoms with Crippen LogP contribution >= 0.6 is 0 Å². The lowest BCUT2D eigenvalue weighted by Gasteiger charge is -2.37. The van der Waals surface area contributed by atoms with Gasteiger partial charge < -0.3 is 4.90 Å². The molecule has 0 spiro atoms.